The average Bonchev–Trinajstić information content (AvgIpc) is 2.72. The van der Waals surface area contributed by atoms with Gasteiger partial charge in [0.2, 0.25) is 0 Å². The van der Waals surface area contributed by atoms with Gasteiger partial charge >= 0.3 is 0 Å². The molecule has 2 nitrogen and oxygen atoms in total. The molecule has 2 aromatic heterocycles. The molecule has 0 saturated heterocycles. The van der Waals surface area contributed by atoms with Crippen molar-refractivity contribution >= 4 is 16.6 Å². The molecule has 0 aromatic carbocycles. The molecule has 2 aromatic rings. The van der Waals surface area contributed by atoms with E-state index in [1.807, 2.05) is 12.3 Å². The van der Waals surface area contributed by atoms with Crippen LogP contribution in [0.15, 0.2) is 30.6 Å². The molecule has 1 N–H and O–H groups in total. The number of nitrogens with zero attached hydrogens (tertiary/aromatic N) is 1. The van der Waals surface area contributed by atoms with E-state index < -0.39 is 0 Å². The number of aromatic amines is 1. The number of nitrogens with one attached hydrogen (secondary N) is 1. The van der Waals surface area contributed by atoms with Gasteiger partial charge in [-0.15, -0.1) is 0 Å². The SMILES string of the molecule is CC1C=C(c2c[nH]c3ncccc23)CCC1. The van der Waals surface area contributed by atoms with E-state index in [2.05, 4.69) is 35.2 Å². The zero-order valence-corrected chi connectivity index (χ0v) is 9.53. The lowest BCUT2D eigenvalue weighted by molar-refractivity contribution is 0.593. The van der Waals surface area contributed by atoms with Crippen LogP contribution in [-0.4, -0.2) is 9.97 Å². The van der Waals surface area contributed by atoms with E-state index in [9.17, 15) is 0 Å². The van der Waals surface area contributed by atoms with Crippen LogP contribution >= 0.6 is 0 Å². The minimum Gasteiger partial charge on any atom is -0.346 e. The van der Waals surface area contributed by atoms with Gasteiger partial charge in [0.25, 0.3) is 0 Å². The molecule has 0 radical (unpaired) electrons. The van der Waals surface area contributed by atoms with Gasteiger partial charge in [0.1, 0.15) is 5.65 Å². The summed E-state index contributed by atoms with van der Waals surface area (Å²) < 4.78 is 0. The van der Waals surface area contributed by atoms with Crippen molar-refractivity contribution in [1.82, 2.24) is 9.97 Å². The van der Waals surface area contributed by atoms with Crippen LogP contribution in [0.1, 0.15) is 31.7 Å². The molecular weight excluding hydrogens is 196 g/mol. The van der Waals surface area contributed by atoms with Gasteiger partial charge in [0.05, 0.1) is 0 Å². The van der Waals surface area contributed by atoms with Crippen LogP contribution < -0.4 is 0 Å². The number of rotatable bonds is 1. The topological polar surface area (TPSA) is 28.7 Å². The molecule has 2 heteroatoms. The molecule has 1 atom stereocenters. The van der Waals surface area contributed by atoms with Crippen molar-refractivity contribution < 1.29 is 0 Å². The summed E-state index contributed by atoms with van der Waals surface area (Å²) in [4.78, 5) is 7.58. The average molecular weight is 212 g/mol. The van der Waals surface area contributed by atoms with Crippen LogP contribution in [-0.2, 0) is 0 Å². The van der Waals surface area contributed by atoms with Gasteiger partial charge < -0.3 is 4.98 Å². The molecule has 16 heavy (non-hydrogen) atoms. The Labute approximate surface area is 95.4 Å². The minimum atomic E-state index is 0.713. The first-order valence-corrected chi connectivity index (χ1v) is 5.98. The fourth-order valence-electron chi connectivity index (χ4n) is 2.57. The third-order valence-electron chi connectivity index (χ3n) is 3.39. The van der Waals surface area contributed by atoms with E-state index in [1.165, 1.54) is 35.8 Å². The highest BCUT2D eigenvalue weighted by Gasteiger charge is 2.14. The Hall–Kier alpha value is -1.57. The third kappa shape index (κ3) is 1.54. The molecule has 0 fully saturated rings. The Morgan fingerprint density at radius 2 is 2.38 bits per heavy atom. The Balaban J connectivity index is 2.12. The lowest BCUT2D eigenvalue weighted by Crippen LogP contribution is -1.99. The van der Waals surface area contributed by atoms with E-state index in [-0.39, 0.29) is 0 Å². The van der Waals surface area contributed by atoms with Gasteiger partial charge in [-0.05, 0) is 42.9 Å². The number of H-pyrrole nitrogens is 1. The Morgan fingerprint density at radius 3 is 3.25 bits per heavy atom. The summed E-state index contributed by atoms with van der Waals surface area (Å²) in [6, 6.07) is 4.15. The van der Waals surface area contributed by atoms with E-state index in [4.69, 9.17) is 0 Å². The van der Waals surface area contributed by atoms with Gasteiger partial charge in [-0.25, -0.2) is 4.98 Å². The lowest BCUT2D eigenvalue weighted by Gasteiger charge is -2.17. The number of pyridine rings is 1. The Bertz CT molecular complexity index is 536. The fourth-order valence-corrected chi connectivity index (χ4v) is 2.57. The van der Waals surface area contributed by atoms with Crippen molar-refractivity contribution in [2.75, 3.05) is 0 Å². The summed E-state index contributed by atoms with van der Waals surface area (Å²) >= 11 is 0. The monoisotopic (exact) mass is 212 g/mol. The second kappa shape index (κ2) is 3.78. The number of allylic oxidation sites excluding steroid dienone is 2. The molecule has 82 valence electrons. The molecule has 0 spiro atoms. The smallest absolute Gasteiger partial charge is 0.137 e. The second-order valence-corrected chi connectivity index (χ2v) is 4.66. The standard InChI is InChI=1S/C14H16N2/c1-10-4-2-5-11(8-10)13-9-16-14-12(13)6-3-7-15-14/h3,6-10H,2,4-5H2,1H3,(H,15,16). The molecule has 3 rings (SSSR count). The van der Waals surface area contributed by atoms with Crippen LogP contribution in [0.5, 0.6) is 0 Å². The molecule has 1 aliphatic rings. The van der Waals surface area contributed by atoms with E-state index >= 15 is 0 Å². The molecular formula is C14H16N2. The number of hydrogen-bond acceptors (Lipinski definition) is 1. The fraction of sp³-hybridized carbons (Fsp3) is 0.357. The lowest BCUT2D eigenvalue weighted by atomic mass is 9.88. The summed E-state index contributed by atoms with van der Waals surface area (Å²) in [6.07, 6.45) is 10.2. The first-order chi connectivity index (χ1) is 7.84. The molecule has 1 unspecified atom stereocenters. The van der Waals surface area contributed by atoms with Gasteiger partial charge in [0, 0.05) is 23.3 Å². The highest BCUT2D eigenvalue weighted by atomic mass is 14.8. The highest BCUT2D eigenvalue weighted by molar-refractivity contribution is 5.90. The highest BCUT2D eigenvalue weighted by Crippen LogP contribution is 2.33. The maximum atomic E-state index is 4.33. The van der Waals surface area contributed by atoms with E-state index in [0.717, 1.165) is 5.65 Å². The van der Waals surface area contributed by atoms with Gasteiger partial charge in [0.15, 0.2) is 0 Å². The molecule has 2 heterocycles. The van der Waals surface area contributed by atoms with E-state index in [1.54, 1.807) is 0 Å². The summed E-state index contributed by atoms with van der Waals surface area (Å²) in [5.41, 5.74) is 3.82. The summed E-state index contributed by atoms with van der Waals surface area (Å²) in [5.74, 6) is 0.713. The van der Waals surface area contributed by atoms with Gasteiger partial charge in [-0.2, -0.15) is 0 Å². The minimum absolute atomic E-state index is 0.713. The Morgan fingerprint density at radius 1 is 1.44 bits per heavy atom. The van der Waals surface area contributed by atoms with Crippen molar-refractivity contribution in [3.8, 4) is 0 Å². The zero-order chi connectivity index (χ0) is 11.0. The first kappa shape index (κ1) is 9.64. The van der Waals surface area contributed by atoms with Crippen molar-refractivity contribution in [2.24, 2.45) is 5.92 Å². The quantitative estimate of drug-likeness (QED) is 0.766. The second-order valence-electron chi connectivity index (χ2n) is 4.66. The molecule has 0 amide bonds. The summed E-state index contributed by atoms with van der Waals surface area (Å²) in [6.45, 7) is 2.30. The predicted molar refractivity (Wildman–Crippen MR) is 67.1 cm³/mol. The number of aromatic nitrogens is 2. The largest absolute Gasteiger partial charge is 0.346 e. The third-order valence-corrected chi connectivity index (χ3v) is 3.39. The summed E-state index contributed by atoms with van der Waals surface area (Å²) in [5, 5.41) is 1.25. The molecule has 0 bridgehead atoms. The number of fused-ring (bicyclic) bond motifs is 1. The van der Waals surface area contributed by atoms with Crippen molar-refractivity contribution in [2.45, 2.75) is 26.2 Å². The zero-order valence-electron chi connectivity index (χ0n) is 9.53. The van der Waals surface area contributed by atoms with Crippen molar-refractivity contribution in [3.05, 3.63) is 36.2 Å². The Kier molecular flexibility index (Phi) is 2.28. The predicted octanol–water partition coefficient (Wildman–Crippen LogP) is 3.77. The van der Waals surface area contributed by atoms with Crippen LogP contribution in [0, 0.1) is 5.92 Å². The van der Waals surface area contributed by atoms with Gasteiger partial charge in [-0.3, -0.25) is 0 Å². The van der Waals surface area contributed by atoms with Crippen LogP contribution in [0.3, 0.4) is 0 Å². The van der Waals surface area contributed by atoms with Crippen LogP contribution in [0.2, 0.25) is 0 Å². The first-order valence-electron chi connectivity index (χ1n) is 5.98. The van der Waals surface area contributed by atoms with E-state index in [0.29, 0.717) is 5.92 Å². The maximum absolute atomic E-state index is 4.33. The normalized spacial score (nSPS) is 21.1. The van der Waals surface area contributed by atoms with Gasteiger partial charge in [-0.1, -0.05) is 13.0 Å². The molecule has 0 saturated carbocycles. The molecule has 1 aliphatic carbocycles. The maximum Gasteiger partial charge on any atom is 0.137 e. The van der Waals surface area contributed by atoms with Crippen LogP contribution in [0.25, 0.3) is 16.6 Å². The van der Waals surface area contributed by atoms with Crippen molar-refractivity contribution in [1.29, 1.82) is 0 Å². The number of hydrogen-bond donors (Lipinski definition) is 1. The summed E-state index contributed by atoms with van der Waals surface area (Å²) in [7, 11) is 0. The molecule has 0 aliphatic heterocycles. The van der Waals surface area contributed by atoms with Crippen LogP contribution in [0.4, 0.5) is 0 Å². The van der Waals surface area contributed by atoms with Crippen molar-refractivity contribution in [3.63, 3.8) is 0 Å².